The Morgan fingerprint density at radius 3 is 2.81 bits per heavy atom. The number of benzene rings is 1. The van der Waals surface area contributed by atoms with Crippen LogP contribution in [-0.4, -0.2) is 43.7 Å². The van der Waals surface area contributed by atoms with E-state index in [1.165, 1.54) is 12.7 Å². The molecule has 2 rings (SSSR count). The zero-order chi connectivity index (χ0) is 19.5. The molecule has 3 N–H and O–H groups in total. The Balaban J connectivity index is 1.59. The molecule has 1 amide bonds. The maximum Gasteiger partial charge on any atom is 0.305 e. The fourth-order valence-electron chi connectivity index (χ4n) is 3.03. The van der Waals surface area contributed by atoms with E-state index >= 15 is 0 Å². The quantitative estimate of drug-likeness (QED) is 0.269. The molecule has 27 heavy (non-hydrogen) atoms. The molecule has 0 bridgehead atoms. The van der Waals surface area contributed by atoms with Gasteiger partial charge in [-0.2, -0.15) is 0 Å². The Bertz CT molecular complexity index is 654. The van der Waals surface area contributed by atoms with Crippen LogP contribution in [0.3, 0.4) is 0 Å². The van der Waals surface area contributed by atoms with Crippen molar-refractivity contribution in [2.24, 2.45) is 0 Å². The molecular formula is C19H28N4O3S. The summed E-state index contributed by atoms with van der Waals surface area (Å²) < 4.78 is 4.59. The van der Waals surface area contributed by atoms with E-state index in [2.05, 4.69) is 37.9 Å². The first-order chi connectivity index (χ1) is 13.1. The lowest BCUT2D eigenvalue weighted by atomic mass is 10.0. The third kappa shape index (κ3) is 7.42. The summed E-state index contributed by atoms with van der Waals surface area (Å²) >= 11 is 5.15. The van der Waals surface area contributed by atoms with E-state index in [0.29, 0.717) is 24.6 Å². The van der Waals surface area contributed by atoms with E-state index in [1.54, 1.807) is 0 Å². The second-order valence-corrected chi connectivity index (χ2v) is 6.88. The number of thiocarbonyl (C=S) groups is 1. The van der Waals surface area contributed by atoms with Crippen LogP contribution in [0.25, 0.3) is 0 Å². The smallest absolute Gasteiger partial charge is 0.305 e. The molecule has 0 atom stereocenters. The lowest BCUT2D eigenvalue weighted by Crippen LogP contribution is -2.50. The largest absolute Gasteiger partial charge is 0.469 e. The molecule has 0 saturated heterocycles. The monoisotopic (exact) mass is 392 g/mol. The van der Waals surface area contributed by atoms with Crippen LogP contribution >= 0.6 is 12.2 Å². The molecule has 0 fully saturated rings. The average molecular weight is 393 g/mol. The molecule has 1 aromatic rings. The number of esters is 1. The van der Waals surface area contributed by atoms with Crippen LogP contribution in [-0.2, 0) is 20.7 Å². The first-order valence-electron chi connectivity index (χ1n) is 9.32. The van der Waals surface area contributed by atoms with Gasteiger partial charge in [-0.15, -0.1) is 0 Å². The molecule has 8 heteroatoms. The summed E-state index contributed by atoms with van der Waals surface area (Å²) in [6, 6.07) is 8.20. The van der Waals surface area contributed by atoms with Crippen molar-refractivity contribution < 1.29 is 14.3 Å². The van der Waals surface area contributed by atoms with Crippen LogP contribution in [0.4, 0.5) is 5.69 Å². The summed E-state index contributed by atoms with van der Waals surface area (Å²) in [7, 11) is 1.40. The molecule has 7 nitrogen and oxygen atoms in total. The number of rotatable bonds is 8. The molecule has 0 saturated carbocycles. The Morgan fingerprint density at radius 1 is 1.19 bits per heavy atom. The highest BCUT2D eigenvalue weighted by molar-refractivity contribution is 7.80. The summed E-state index contributed by atoms with van der Waals surface area (Å²) in [6.45, 7) is 1.85. The highest BCUT2D eigenvalue weighted by atomic mass is 32.1. The number of fused-ring (bicyclic) bond motifs is 1. The molecule has 0 aromatic heterocycles. The number of amides is 1. The zero-order valence-electron chi connectivity index (χ0n) is 15.8. The van der Waals surface area contributed by atoms with E-state index in [-0.39, 0.29) is 11.9 Å². The minimum absolute atomic E-state index is 0.131. The van der Waals surface area contributed by atoms with Crippen molar-refractivity contribution in [3.05, 3.63) is 29.8 Å². The van der Waals surface area contributed by atoms with Crippen LogP contribution in [0.15, 0.2) is 24.3 Å². The number of methoxy groups -OCH3 is 1. The second-order valence-electron chi connectivity index (χ2n) is 6.47. The number of ether oxygens (including phenoxy) is 1. The van der Waals surface area contributed by atoms with E-state index in [0.717, 1.165) is 44.3 Å². The summed E-state index contributed by atoms with van der Waals surface area (Å²) in [4.78, 5) is 25.3. The Morgan fingerprint density at radius 2 is 2.00 bits per heavy atom. The summed E-state index contributed by atoms with van der Waals surface area (Å²) in [5, 5.41) is 3.42. The fraction of sp³-hybridized carbons (Fsp3) is 0.526. The molecule has 0 radical (unpaired) electrons. The van der Waals surface area contributed by atoms with E-state index in [9.17, 15) is 9.59 Å². The van der Waals surface area contributed by atoms with Crippen molar-refractivity contribution in [1.29, 1.82) is 0 Å². The molecule has 0 unspecified atom stereocenters. The summed E-state index contributed by atoms with van der Waals surface area (Å²) in [5.74, 6) is -0.312. The SMILES string of the molecule is COC(=O)CCCCCNC(=S)NNC(=O)CN1CCCc2ccccc21. The average Bonchev–Trinajstić information content (AvgIpc) is 2.69. The molecule has 0 aliphatic carbocycles. The van der Waals surface area contributed by atoms with Gasteiger partial charge in [0.25, 0.3) is 5.91 Å². The van der Waals surface area contributed by atoms with Crippen LogP contribution in [0.2, 0.25) is 0 Å². The normalized spacial score (nSPS) is 12.7. The highest BCUT2D eigenvalue weighted by Crippen LogP contribution is 2.26. The number of hydrogen-bond donors (Lipinski definition) is 3. The fourth-order valence-corrected chi connectivity index (χ4v) is 3.19. The maximum atomic E-state index is 12.2. The van der Waals surface area contributed by atoms with E-state index < -0.39 is 0 Å². The van der Waals surface area contributed by atoms with Crippen molar-refractivity contribution in [2.45, 2.75) is 38.5 Å². The predicted octanol–water partition coefficient (Wildman–Crippen LogP) is 1.67. The van der Waals surface area contributed by atoms with Crippen molar-refractivity contribution >= 4 is 34.9 Å². The number of carbonyl (C=O) groups is 2. The van der Waals surface area contributed by atoms with Gasteiger partial charge in [-0.3, -0.25) is 20.4 Å². The topological polar surface area (TPSA) is 82.7 Å². The summed E-state index contributed by atoms with van der Waals surface area (Å²) in [5.41, 5.74) is 7.79. The predicted molar refractivity (Wildman–Crippen MR) is 109 cm³/mol. The van der Waals surface area contributed by atoms with Gasteiger partial charge in [-0.25, -0.2) is 0 Å². The van der Waals surface area contributed by atoms with Gasteiger partial charge >= 0.3 is 5.97 Å². The lowest BCUT2D eigenvalue weighted by Gasteiger charge is -2.30. The van der Waals surface area contributed by atoms with E-state index in [1.807, 2.05) is 12.1 Å². The van der Waals surface area contributed by atoms with Gasteiger partial charge in [-0.05, 0) is 49.5 Å². The maximum absolute atomic E-state index is 12.2. The van der Waals surface area contributed by atoms with Gasteiger partial charge in [0.1, 0.15) is 0 Å². The van der Waals surface area contributed by atoms with E-state index in [4.69, 9.17) is 12.2 Å². The van der Waals surface area contributed by atoms with Crippen LogP contribution in [0.5, 0.6) is 0 Å². The molecule has 1 heterocycles. The summed E-state index contributed by atoms with van der Waals surface area (Å²) in [6.07, 6.45) is 5.13. The number of para-hydroxylation sites is 1. The highest BCUT2D eigenvalue weighted by Gasteiger charge is 2.18. The Labute approximate surface area is 165 Å². The first-order valence-corrected chi connectivity index (χ1v) is 9.73. The lowest BCUT2D eigenvalue weighted by molar-refractivity contribution is -0.140. The van der Waals surface area contributed by atoms with Gasteiger partial charge in [0.15, 0.2) is 5.11 Å². The van der Waals surface area contributed by atoms with Crippen molar-refractivity contribution in [2.75, 3.05) is 31.6 Å². The number of nitrogens with zero attached hydrogens (tertiary/aromatic N) is 1. The number of hydrazine groups is 1. The number of nitrogens with one attached hydrogen (secondary N) is 3. The van der Waals surface area contributed by atoms with Gasteiger partial charge in [0.05, 0.1) is 13.7 Å². The zero-order valence-corrected chi connectivity index (χ0v) is 16.6. The van der Waals surface area contributed by atoms with Crippen molar-refractivity contribution in [3.8, 4) is 0 Å². The standard InChI is InChI=1S/C19H28N4O3S/c1-26-18(25)11-3-2-6-12-20-19(27)22-21-17(24)14-23-13-7-9-15-8-4-5-10-16(15)23/h4-5,8,10H,2-3,6-7,9,11-14H2,1H3,(H,21,24)(H2,20,22,27). The number of carbonyl (C=O) groups excluding carboxylic acids is 2. The second kappa shape index (κ2) is 11.4. The van der Waals surface area contributed by atoms with Crippen LogP contribution in [0, 0.1) is 0 Å². The molecular weight excluding hydrogens is 364 g/mol. The van der Waals surface area contributed by atoms with Crippen molar-refractivity contribution in [1.82, 2.24) is 16.2 Å². The molecule has 1 aliphatic rings. The third-order valence-electron chi connectivity index (χ3n) is 4.43. The van der Waals surface area contributed by atoms with Gasteiger partial charge in [-0.1, -0.05) is 24.6 Å². The van der Waals surface area contributed by atoms with Crippen molar-refractivity contribution in [3.63, 3.8) is 0 Å². The Hall–Kier alpha value is -2.35. The molecule has 148 valence electrons. The molecule has 1 aliphatic heterocycles. The van der Waals surface area contributed by atoms with Gasteiger partial charge in [0, 0.05) is 25.2 Å². The van der Waals surface area contributed by atoms with Crippen LogP contribution < -0.4 is 21.1 Å². The first kappa shape index (κ1) is 21.0. The van der Waals surface area contributed by atoms with Gasteiger partial charge in [0.2, 0.25) is 0 Å². The molecule has 1 aromatic carbocycles. The number of anilines is 1. The Kier molecular flexibility index (Phi) is 8.83. The number of unbranched alkanes of at least 4 members (excludes halogenated alkanes) is 2. The minimum atomic E-state index is -0.181. The third-order valence-corrected chi connectivity index (χ3v) is 4.67. The number of hydrogen-bond acceptors (Lipinski definition) is 5. The number of aryl methyl sites for hydroxylation is 1. The minimum Gasteiger partial charge on any atom is -0.469 e. The van der Waals surface area contributed by atoms with Crippen LogP contribution in [0.1, 0.15) is 37.7 Å². The molecule has 0 spiro atoms. The van der Waals surface area contributed by atoms with Gasteiger partial charge < -0.3 is 15.0 Å².